The molecular weight excluding hydrogens is 488 g/mol. The minimum Gasteiger partial charge on any atom is -0.497 e. The second-order valence-corrected chi connectivity index (χ2v) is 12.6. The van der Waals surface area contributed by atoms with E-state index in [9.17, 15) is 18.3 Å². The molecule has 0 saturated heterocycles. The third-order valence-electron chi connectivity index (χ3n) is 7.72. The van der Waals surface area contributed by atoms with Gasteiger partial charge in [-0.15, -0.1) is 0 Å². The van der Waals surface area contributed by atoms with Crippen molar-refractivity contribution in [3.05, 3.63) is 58.0 Å². The fourth-order valence-corrected chi connectivity index (χ4v) is 7.27. The number of carboxylic acid groups (broad SMARTS) is 1. The number of allylic oxidation sites excluding steroid dienone is 1. The summed E-state index contributed by atoms with van der Waals surface area (Å²) in [5.74, 6) is 0.0209. The molecule has 2 aliphatic rings. The van der Waals surface area contributed by atoms with Gasteiger partial charge in [0.1, 0.15) is 5.75 Å². The molecular formula is C29H34N2O5S. The van der Waals surface area contributed by atoms with Gasteiger partial charge in [-0.05, 0) is 74.3 Å². The van der Waals surface area contributed by atoms with Gasteiger partial charge in [0, 0.05) is 30.1 Å². The molecule has 196 valence electrons. The summed E-state index contributed by atoms with van der Waals surface area (Å²) in [5.41, 5.74) is 4.97. The van der Waals surface area contributed by atoms with Crippen LogP contribution in [-0.4, -0.2) is 62.5 Å². The highest BCUT2D eigenvalue weighted by atomic mass is 32.2. The number of hydrogen-bond donors (Lipinski definition) is 1. The Bertz CT molecular complexity index is 1490. The largest absolute Gasteiger partial charge is 0.497 e. The summed E-state index contributed by atoms with van der Waals surface area (Å²) in [6, 6.07) is 11.1. The van der Waals surface area contributed by atoms with Gasteiger partial charge in [0.25, 0.3) is 0 Å². The third-order valence-corrected chi connectivity index (χ3v) is 9.48. The summed E-state index contributed by atoms with van der Waals surface area (Å²) in [5, 5.41) is 10.7. The van der Waals surface area contributed by atoms with Gasteiger partial charge in [-0.2, -0.15) is 0 Å². The molecule has 0 bridgehead atoms. The Morgan fingerprint density at radius 2 is 1.86 bits per heavy atom. The zero-order valence-electron chi connectivity index (χ0n) is 21.7. The number of nitrogens with zero attached hydrogens (tertiary/aromatic N) is 2. The predicted octanol–water partition coefficient (Wildman–Crippen LogP) is 5.39. The zero-order valence-corrected chi connectivity index (χ0v) is 22.5. The lowest BCUT2D eigenvalue weighted by Crippen LogP contribution is -2.23. The van der Waals surface area contributed by atoms with Gasteiger partial charge in [0.2, 0.25) is 0 Å². The van der Waals surface area contributed by atoms with Crippen LogP contribution in [0.15, 0.2) is 41.3 Å². The quantitative estimate of drug-likeness (QED) is 0.447. The summed E-state index contributed by atoms with van der Waals surface area (Å²) in [6.07, 6.45) is 7.65. The molecule has 5 rings (SSSR count). The molecule has 2 aromatic carbocycles. The molecule has 37 heavy (non-hydrogen) atoms. The minimum absolute atomic E-state index is 0.00945. The first-order chi connectivity index (χ1) is 17.7. The number of hydrogen-bond acceptors (Lipinski definition) is 5. The Morgan fingerprint density at radius 3 is 2.54 bits per heavy atom. The van der Waals surface area contributed by atoms with Crippen LogP contribution < -0.4 is 4.74 Å². The number of methoxy groups -OCH3 is 1. The van der Waals surface area contributed by atoms with Crippen molar-refractivity contribution >= 4 is 32.9 Å². The molecule has 2 heterocycles. The number of sulfone groups is 1. The predicted molar refractivity (Wildman–Crippen MR) is 147 cm³/mol. The fourth-order valence-electron chi connectivity index (χ4n) is 5.76. The van der Waals surface area contributed by atoms with Crippen LogP contribution in [0.4, 0.5) is 0 Å². The Hall–Kier alpha value is -3.10. The van der Waals surface area contributed by atoms with E-state index in [0.717, 1.165) is 53.4 Å². The number of rotatable bonds is 7. The normalized spacial score (nSPS) is 16.3. The molecule has 1 N–H and O–H groups in total. The Kier molecular flexibility index (Phi) is 6.89. The van der Waals surface area contributed by atoms with E-state index in [1.807, 2.05) is 47.8 Å². The number of aromatic carboxylic acids is 1. The Labute approximate surface area is 218 Å². The molecule has 0 amide bonds. The van der Waals surface area contributed by atoms with Crippen molar-refractivity contribution in [2.24, 2.45) is 0 Å². The molecule has 0 radical (unpaired) electrons. The molecule has 1 aromatic heterocycles. The monoisotopic (exact) mass is 522 g/mol. The average Bonchev–Trinajstić information content (AvgIpc) is 3.09. The highest BCUT2D eigenvalue weighted by molar-refractivity contribution is 7.95. The highest BCUT2D eigenvalue weighted by Gasteiger charge is 2.31. The second-order valence-electron chi connectivity index (χ2n) is 10.4. The van der Waals surface area contributed by atoms with E-state index in [4.69, 9.17) is 4.74 Å². The molecule has 0 unspecified atom stereocenters. The lowest BCUT2D eigenvalue weighted by molar-refractivity contribution is 0.0697. The maximum Gasteiger partial charge on any atom is 0.335 e. The van der Waals surface area contributed by atoms with Crippen molar-refractivity contribution in [2.45, 2.75) is 44.4 Å². The van der Waals surface area contributed by atoms with E-state index in [-0.39, 0.29) is 17.7 Å². The topological polar surface area (TPSA) is 88.8 Å². The number of benzene rings is 2. The molecule has 1 saturated carbocycles. The summed E-state index contributed by atoms with van der Waals surface area (Å²) in [6.45, 7) is 0.417. The van der Waals surface area contributed by atoms with E-state index >= 15 is 0 Å². The number of ether oxygens (including phenoxy) is 1. The van der Waals surface area contributed by atoms with Gasteiger partial charge in [-0.25, -0.2) is 13.2 Å². The first-order valence-corrected chi connectivity index (χ1v) is 14.5. The van der Waals surface area contributed by atoms with Crippen molar-refractivity contribution in [3.8, 4) is 17.0 Å². The van der Waals surface area contributed by atoms with Gasteiger partial charge in [-0.1, -0.05) is 25.3 Å². The van der Waals surface area contributed by atoms with Gasteiger partial charge in [0.15, 0.2) is 9.84 Å². The van der Waals surface area contributed by atoms with E-state index in [0.29, 0.717) is 23.1 Å². The Morgan fingerprint density at radius 1 is 1.11 bits per heavy atom. The molecule has 0 atom stereocenters. The van der Waals surface area contributed by atoms with Crippen LogP contribution in [0.2, 0.25) is 0 Å². The molecule has 0 spiro atoms. The van der Waals surface area contributed by atoms with Gasteiger partial charge in [0.05, 0.1) is 34.5 Å². The summed E-state index contributed by atoms with van der Waals surface area (Å²) < 4.78 is 34.7. The molecule has 7 nitrogen and oxygen atoms in total. The number of aromatic nitrogens is 1. The van der Waals surface area contributed by atoms with Gasteiger partial charge in [-0.3, -0.25) is 0 Å². The first-order valence-electron chi connectivity index (χ1n) is 12.9. The van der Waals surface area contributed by atoms with Crippen LogP contribution in [0.25, 0.3) is 28.4 Å². The lowest BCUT2D eigenvalue weighted by atomic mass is 9.81. The molecule has 1 aliphatic carbocycles. The first kappa shape index (κ1) is 25.5. The van der Waals surface area contributed by atoms with Crippen LogP contribution in [0.1, 0.15) is 59.5 Å². The number of carbonyl (C=O) groups is 1. The van der Waals surface area contributed by atoms with Crippen LogP contribution in [0.3, 0.4) is 0 Å². The summed E-state index contributed by atoms with van der Waals surface area (Å²) in [7, 11) is 1.76. The second kappa shape index (κ2) is 9.99. The van der Waals surface area contributed by atoms with Crippen LogP contribution >= 0.6 is 0 Å². The summed E-state index contributed by atoms with van der Waals surface area (Å²) in [4.78, 5) is 14.1. The standard InChI is InChI=1S/C29H34N2O5S/c1-30(2)13-14-37(34,35)23-16-21-15-22(36-3)10-12-24(21)28-27(19-7-5-4-6-8-19)25-11-9-20(29(32)33)17-26(25)31(28)18-23/h9-12,15,17-19H,4-8,13-14,16H2,1-3H3,(H,32,33). The lowest BCUT2D eigenvalue weighted by Gasteiger charge is -2.24. The highest BCUT2D eigenvalue weighted by Crippen LogP contribution is 2.47. The van der Waals surface area contributed by atoms with Crippen molar-refractivity contribution in [3.63, 3.8) is 0 Å². The SMILES string of the molecule is COc1ccc2c(c1)CC(S(=O)(=O)CCN(C)C)=Cn1c-2c(C2CCCCC2)c2ccc(C(=O)O)cc21. The van der Waals surface area contributed by atoms with Crippen LogP contribution in [-0.2, 0) is 16.3 Å². The molecule has 3 aromatic rings. The number of carboxylic acids is 1. The maximum absolute atomic E-state index is 13.6. The van der Waals surface area contributed by atoms with Crippen molar-refractivity contribution in [1.29, 1.82) is 0 Å². The minimum atomic E-state index is -3.58. The van der Waals surface area contributed by atoms with E-state index < -0.39 is 15.8 Å². The van der Waals surface area contributed by atoms with E-state index in [1.165, 1.54) is 12.0 Å². The van der Waals surface area contributed by atoms with Crippen molar-refractivity contribution in [2.75, 3.05) is 33.5 Å². The van der Waals surface area contributed by atoms with Crippen LogP contribution in [0, 0.1) is 0 Å². The van der Waals surface area contributed by atoms with E-state index in [1.54, 1.807) is 25.4 Å². The molecule has 8 heteroatoms. The fraction of sp³-hybridized carbons (Fsp3) is 0.414. The van der Waals surface area contributed by atoms with Gasteiger partial charge < -0.3 is 19.3 Å². The van der Waals surface area contributed by atoms with Gasteiger partial charge >= 0.3 is 5.97 Å². The average molecular weight is 523 g/mol. The Balaban J connectivity index is 1.84. The molecule has 1 aliphatic heterocycles. The van der Waals surface area contributed by atoms with Crippen LogP contribution in [0.5, 0.6) is 5.75 Å². The van der Waals surface area contributed by atoms with E-state index in [2.05, 4.69) is 0 Å². The summed E-state index contributed by atoms with van der Waals surface area (Å²) >= 11 is 0. The van der Waals surface area contributed by atoms with Crippen molar-refractivity contribution < 1.29 is 23.1 Å². The maximum atomic E-state index is 13.6. The number of fused-ring (bicyclic) bond motifs is 5. The zero-order chi connectivity index (χ0) is 26.3. The smallest absolute Gasteiger partial charge is 0.335 e. The van der Waals surface area contributed by atoms with Crippen molar-refractivity contribution in [1.82, 2.24) is 9.47 Å². The molecule has 1 fully saturated rings. The third kappa shape index (κ3) is 4.80.